The maximum atomic E-state index is 14.0. The molecule has 0 spiro atoms. The SMILES string of the molecule is Cn1c(=O)n(C2CCC(=O)NC2=O)c2ccc(N3CC(OCC(=O)Nc4cccc(CS(=O)(=O)N5CC[C@H](Nc6cccc(-c7sc(C(=O)O)c(OCC(=O)O)c7Cl)c6)CC5(C)C)c4)C3)cc21. The summed E-state index contributed by atoms with van der Waals surface area (Å²) in [6, 6.07) is 18.5. The number of benzene rings is 3. The molecule has 2 atom stereocenters. The number of imide groups is 1. The lowest BCUT2D eigenvalue weighted by Crippen LogP contribution is -2.55. The summed E-state index contributed by atoms with van der Waals surface area (Å²) in [5, 5.41) is 27.3. The van der Waals surface area contributed by atoms with Crippen molar-refractivity contribution in [1.29, 1.82) is 0 Å². The second kappa shape index (κ2) is 18.8. The van der Waals surface area contributed by atoms with E-state index in [2.05, 4.69) is 16.0 Å². The highest BCUT2D eigenvalue weighted by molar-refractivity contribution is 7.88. The molecule has 8 rings (SSSR count). The van der Waals surface area contributed by atoms with Crippen LogP contribution < -0.4 is 31.3 Å². The standard InChI is InChI=1S/C45H48ClN7O12S2/c1-45(2)19-29(47-28-9-5-7-26(17-28)40-38(46)39(65-23-37(56)57)41(66-40)43(59)60)14-15-52(45)67(62,63)24-25-6-4-8-27(16-25)48-36(55)22-64-31-20-51(21-31)30-10-11-32-34(18-30)50(3)44(61)53(32)33-12-13-35(54)49-42(33)58/h4-11,16-18,29,31,33,47H,12-15,19-24H2,1-3H3,(H,48,55)(H,56,57)(H,59,60)(H,49,54,58)/t29-,33?/m0/s1. The van der Waals surface area contributed by atoms with Crippen molar-refractivity contribution < 1.29 is 52.1 Å². The van der Waals surface area contributed by atoms with Crippen molar-refractivity contribution in [2.24, 2.45) is 7.05 Å². The molecule has 67 heavy (non-hydrogen) atoms. The number of aryl methyl sites for hydroxylation is 1. The van der Waals surface area contributed by atoms with Crippen LogP contribution in [-0.2, 0) is 46.7 Å². The number of hydrogen-bond acceptors (Lipinski definition) is 13. The van der Waals surface area contributed by atoms with E-state index in [4.69, 9.17) is 26.2 Å². The van der Waals surface area contributed by atoms with E-state index in [1.807, 2.05) is 36.9 Å². The Hall–Kier alpha value is -6.26. The van der Waals surface area contributed by atoms with Gasteiger partial charge in [-0.3, -0.25) is 28.8 Å². The van der Waals surface area contributed by atoms with Crippen LogP contribution in [0, 0.1) is 0 Å². The van der Waals surface area contributed by atoms with Gasteiger partial charge < -0.3 is 35.2 Å². The minimum atomic E-state index is -3.81. The number of halogens is 1. The molecule has 0 bridgehead atoms. The number of carbonyl (C=O) groups is 5. The maximum Gasteiger partial charge on any atom is 0.349 e. The first-order valence-corrected chi connectivity index (χ1v) is 24.2. The number of aliphatic carboxylic acids is 1. The number of carbonyl (C=O) groups excluding carboxylic acids is 3. The van der Waals surface area contributed by atoms with Crippen LogP contribution in [0.2, 0.25) is 5.02 Å². The van der Waals surface area contributed by atoms with Gasteiger partial charge in [0.15, 0.2) is 17.2 Å². The Morgan fingerprint density at radius 1 is 0.955 bits per heavy atom. The second-order valence-corrected chi connectivity index (χ2v) is 20.7. The van der Waals surface area contributed by atoms with E-state index < -0.39 is 52.0 Å². The molecule has 354 valence electrons. The first-order chi connectivity index (χ1) is 31.8. The number of aromatic carboxylic acids is 1. The number of sulfonamides is 1. The summed E-state index contributed by atoms with van der Waals surface area (Å²) in [6.07, 6.45) is 1.13. The number of nitrogens with one attached hydrogen (secondary N) is 3. The summed E-state index contributed by atoms with van der Waals surface area (Å²) in [7, 11) is -2.18. The lowest BCUT2D eigenvalue weighted by Gasteiger charge is -2.45. The monoisotopic (exact) mass is 977 g/mol. The van der Waals surface area contributed by atoms with E-state index in [1.54, 1.807) is 55.6 Å². The Labute approximate surface area is 393 Å². The number of carboxylic acid groups (broad SMARTS) is 2. The molecule has 19 nitrogen and oxygen atoms in total. The van der Waals surface area contributed by atoms with Crippen molar-refractivity contribution >= 4 is 90.7 Å². The Morgan fingerprint density at radius 2 is 1.70 bits per heavy atom. The first-order valence-electron chi connectivity index (χ1n) is 21.4. The second-order valence-electron chi connectivity index (χ2n) is 17.4. The highest BCUT2D eigenvalue weighted by atomic mass is 35.5. The van der Waals surface area contributed by atoms with E-state index >= 15 is 0 Å². The number of piperidine rings is 2. The Balaban J connectivity index is 0.824. The van der Waals surface area contributed by atoms with Crippen molar-refractivity contribution in [2.75, 3.05) is 48.4 Å². The molecular weight excluding hydrogens is 930 g/mol. The predicted molar refractivity (Wildman–Crippen MR) is 251 cm³/mol. The average molecular weight is 979 g/mol. The van der Waals surface area contributed by atoms with Crippen LogP contribution >= 0.6 is 22.9 Å². The number of amides is 3. The van der Waals surface area contributed by atoms with Crippen LogP contribution in [0.3, 0.4) is 0 Å². The van der Waals surface area contributed by atoms with Gasteiger partial charge in [-0.05, 0) is 86.7 Å². The zero-order valence-corrected chi connectivity index (χ0v) is 39.0. The van der Waals surface area contributed by atoms with E-state index in [0.29, 0.717) is 64.3 Å². The van der Waals surface area contributed by atoms with Crippen molar-refractivity contribution in [3.8, 4) is 16.2 Å². The third-order valence-corrected chi connectivity index (χ3v) is 15.8. The predicted octanol–water partition coefficient (Wildman–Crippen LogP) is 4.89. The molecule has 5 N–H and O–H groups in total. The molecule has 3 saturated heterocycles. The molecule has 2 aromatic heterocycles. The van der Waals surface area contributed by atoms with Gasteiger partial charge in [-0.15, -0.1) is 11.3 Å². The smallest absolute Gasteiger partial charge is 0.349 e. The fourth-order valence-corrected chi connectivity index (χ4v) is 12.3. The minimum absolute atomic E-state index is 0.00707. The van der Waals surface area contributed by atoms with Crippen molar-refractivity contribution in [3.05, 3.63) is 92.7 Å². The van der Waals surface area contributed by atoms with Gasteiger partial charge in [0.1, 0.15) is 17.7 Å². The third kappa shape index (κ3) is 10.1. The van der Waals surface area contributed by atoms with Gasteiger partial charge in [0.2, 0.25) is 27.7 Å². The molecule has 3 aliphatic rings. The molecule has 0 saturated carbocycles. The third-order valence-electron chi connectivity index (χ3n) is 12.1. The van der Waals surface area contributed by atoms with E-state index in [0.717, 1.165) is 17.0 Å². The van der Waals surface area contributed by atoms with E-state index in [-0.39, 0.29) is 71.1 Å². The average Bonchev–Trinajstić information content (AvgIpc) is 3.70. The van der Waals surface area contributed by atoms with Crippen molar-refractivity contribution in [2.45, 2.75) is 69.0 Å². The molecule has 5 aromatic rings. The molecule has 3 aromatic carbocycles. The summed E-state index contributed by atoms with van der Waals surface area (Å²) < 4.78 is 43.4. The van der Waals surface area contributed by atoms with Gasteiger partial charge >= 0.3 is 17.6 Å². The molecule has 0 aliphatic carbocycles. The Morgan fingerprint density at radius 3 is 2.42 bits per heavy atom. The lowest BCUT2D eigenvalue weighted by atomic mass is 9.89. The summed E-state index contributed by atoms with van der Waals surface area (Å²) in [5.41, 5.74) is 3.16. The number of thiophene rings is 1. The molecule has 22 heteroatoms. The molecule has 0 radical (unpaired) electrons. The van der Waals surface area contributed by atoms with E-state index in [9.17, 15) is 42.3 Å². The quantitative estimate of drug-likeness (QED) is 0.0827. The fraction of sp³-hybridized carbons (Fsp3) is 0.378. The fourth-order valence-electron chi connectivity index (χ4n) is 8.94. The van der Waals surface area contributed by atoms with Gasteiger partial charge in [0, 0.05) is 61.7 Å². The van der Waals surface area contributed by atoms with Crippen LogP contribution in [0.4, 0.5) is 17.1 Å². The number of hydrogen-bond donors (Lipinski definition) is 5. The Kier molecular flexibility index (Phi) is 13.2. The summed E-state index contributed by atoms with van der Waals surface area (Å²) in [4.78, 5) is 75.5. The summed E-state index contributed by atoms with van der Waals surface area (Å²) >= 11 is 7.38. The van der Waals surface area contributed by atoms with Gasteiger partial charge in [-0.25, -0.2) is 22.8 Å². The maximum absolute atomic E-state index is 14.0. The van der Waals surface area contributed by atoms with Crippen LogP contribution in [0.5, 0.6) is 5.75 Å². The van der Waals surface area contributed by atoms with Crippen LogP contribution in [0.15, 0.2) is 71.5 Å². The van der Waals surface area contributed by atoms with Gasteiger partial charge in [-0.1, -0.05) is 35.9 Å². The van der Waals surface area contributed by atoms with Gasteiger partial charge in [-0.2, -0.15) is 4.31 Å². The molecular formula is C45H48ClN7O12S2. The van der Waals surface area contributed by atoms with Crippen LogP contribution in [0.25, 0.3) is 21.5 Å². The highest BCUT2D eigenvalue weighted by Crippen LogP contribution is 2.46. The van der Waals surface area contributed by atoms with Gasteiger partial charge in [0.25, 0.3) is 0 Å². The van der Waals surface area contributed by atoms with Crippen molar-refractivity contribution in [1.82, 2.24) is 18.8 Å². The minimum Gasteiger partial charge on any atom is -0.479 e. The molecule has 3 amide bonds. The van der Waals surface area contributed by atoms with Crippen LogP contribution in [-0.4, -0.2) is 112 Å². The molecule has 3 aliphatic heterocycles. The highest BCUT2D eigenvalue weighted by Gasteiger charge is 2.42. The molecule has 1 unspecified atom stereocenters. The lowest BCUT2D eigenvalue weighted by molar-refractivity contribution is -0.139. The molecule has 3 fully saturated rings. The number of ether oxygens (including phenoxy) is 2. The number of nitrogens with zero attached hydrogens (tertiary/aromatic N) is 4. The molecule has 5 heterocycles. The number of anilines is 3. The number of aromatic nitrogens is 2. The number of carboxylic acids is 2. The largest absolute Gasteiger partial charge is 0.479 e. The number of fused-ring (bicyclic) bond motifs is 1. The number of rotatable bonds is 16. The zero-order valence-electron chi connectivity index (χ0n) is 36.6. The number of imidazole rings is 1. The summed E-state index contributed by atoms with van der Waals surface area (Å²) in [6.45, 7) is 4.02. The van der Waals surface area contributed by atoms with Crippen molar-refractivity contribution in [3.63, 3.8) is 0 Å². The zero-order chi connectivity index (χ0) is 47.9. The Bertz CT molecular complexity index is 2980. The first kappa shape index (κ1) is 47.2. The van der Waals surface area contributed by atoms with Gasteiger partial charge in [0.05, 0.1) is 27.8 Å². The normalized spacial score (nSPS) is 18.9. The summed E-state index contributed by atoms with van der Waals surface area (Å²) in [5.74, 6) is -4.33. The van der Waals surface area contributed by atoms with E-state index in [1.165, 1.54) is 13.4 Å². The topological polar surface area (TPSA) is 248 Å². The van der Waals surface area contributed by atoms with Crippen LogP contribution in [0.1, 0.15) is 60.8 Å².